The fourth-order valence-electron chi connectivity index (χ4n) is 1.75. The quantitative estimate of drug-likeness (QED) is 0.476. The Bertz CT molecular complexity index is 253. The highest BCUT2D eigenvalue weighted by Crippen LogP contribution is 2.44. The number of carbonyl (C=O) groups is 1. The van der Waals surface area contributed by atoms with Crippen molar-refractivity contribution in [2.45, 2.75) is 26.4 Å². The van der Waals surface area contributed by atoms with Crippen molar-refractivity contribution >= 4 is 6.29 Å². The molecule has 0 aromatic heterocycles. The van der Waals surface area contributed by atoms with Crippen LogP contribution >= 0.6 is 0 Å². The summed E-state index contributed by atoms with van der Waals surface area (Å²) in [5.74, 6) is -2.54. The number of rotatable bonds is 1. The molecule has 2 atom stereocenters. The molecule has 1 aliphatic rings. The normalized spacial score (nSPS) is 31.5. The Kier molecular flexibility index (Phi) is 2.74. The minimum absolute atomic E-state index is 0.0175. The Morgan fingerprint density at radius 1 is 1.43 bits per heavy atom. The van der Waals surface area contributed by atoms with E-state index in [1.54, 1.807) is 19.9 Å². The molecule has 1 aliphatic carbocycles. The first-order valence-corrected chi connectivity index (χ1v) is 4.48. The van der Waals surface area contributed by atoms with Crippen LogP contribution in [0.3, 0.4) is 0 Å². The van der Waals surface area contributed by atoms with Gasteiger partial charge in [-0.1, -0.05) is 26.0 Å². The Labute approximate surface area is 81.0 Å². The zero-order valence-corrected chi connectivity index (χ0v) is 8.14. The van der Waals surface area contributed by atoms with Crippen molar-refractivity contribution in [2.75, 3.05) is 0 Å². The Hall–Kier alpha value is -0.800. The van der Waals surface area contributed by atoms with E-state index in [0.29, 0.717) is 6.29 Å². The Balaban J connectivity index is 2.94. The number of hydrogen-bond acceptors (Lipinski definition) is 1. The predicted octanol–water partition coefficient (Wildman–Crippen LogP) is 2.97. The van der Waals surface area contributed by atoms with Crippen LogP contribution < -0.4 is 0 Å². The Morgan fingerprint density at radius 3 is 2.43 bits per heavy atom. The van der Waals surface area contributed by atoms with Crippen molar-refractivity contribution in [1.82, 2.24) is 0 Å². The molecule has 0 aromatic rings. The van der Waals surface area contributed by atoms with E-state index in [9.17, 15) is 18.0 Å². The molecule has 0 aliphatic heterocycles. The second-order valence-corrected chi connectivity index (χ2v) is 4.41. The second kappa shape index (κ2) is 3.41. The minimum Gasteiger partial charge on any atom is -0.303 e. The first kappa shape index (κ1) is 11.3. The summed E-state index contributed by atoms with van der Waals surface area (Å²) in [4.78, 5) is 10.5. The molecule has 1 nitrogen and oxygen atoms in total. The predicted molar refractivity (Wildman–Crippen MR) is 46.6 cm³/mol. The average molecular weight is 206 g/mol. The lowest BCUT2D eigenvalue weighted by atomic mass is 9.72. The van der Waals surface area contributed by atoms with Crippen LogP contribution in [0.25, 0.3) is 0 Å². The average Bonchev–Trinajstić information content (AvgIpc) is 2.01. The lowest BCUT2D eigenvalue weighted by molar-refractivity contribution is -0.192. The smallest absolute Gasteiger partial charge is 0.303 e. The van der Waals surface area contributed by atoms with Gasteiger partial charge in [0, 0.05) is 5.92 Å². The van der Waals surface area contributed by atoms with E-state index in [1.807, 2.05) is 0 Å². The van der Waals surface area contributed by atoms with Gasteiger partial charge in [0.25, 0.3) is 0 Å². The summed E-state index contributed by atoms with van der Waals surface area (Å²) in [6.07, 6.45) is -0.864. The summed E-state index contributed by atoms with van der Waals surface area (Å²) < 4.78 is 37.6. The molecular formula is C10H13F3O. The number of allylic oxidation sites excluding steroid dienone is 2. The molecule has 4 heteroatoms. The maximum absolute atomic E-state index is 12.5. The summed E-state index contributed by atoms with van der Waals surface area (Å²) in [5.41, 5.74) is -0.473. The van der Waals surface area contributed by atoms with Gasteiger partial charge in [-0.2, -0.15) is 13.2 Å². The van der Waals surface area contributed by atoms with Crippen molar-refractivity contribution < 1.29 is 18.0 Å². The molecule has 0 spiro atoms. The topological polar surface area (TPSA) is 17.1 Å². The van der Waals surface area contributed by atoms with Crippen molar-refractivity contribution in [1.29, 1.82) is 0 Å². The largest absolute Gasteiger partial charge is 0.392 e. The van der Waals surface area contributed by atoms with E-state index in [0.717, 1.165) is 0 Å². The summed E-state index contributed by atoms with van der Waals surface area (Å²) in [6.45, 7) is 3.48. The van der Waals surface area contributed by atoms with Crippen LogP contribution in [0.15, 0.2) is 12.2 Å². The standard InChI is InChI=1S/C10H13F3O/c1-9(2)4-3-7(6-14)8(5-9)10(11,12)13/h3-4,6-8H,5H2,1-2H3. The highest BCUT2D eigenvalue weighted by atomic mass is 19.4. The third-order valence-electron chi connectivity index (χ3n) is 2.56. The molecule has 0 amide bonds. The molecular weight excluding hydrogens is 193 g/mol. The van der Waals surface area contributed by atoms with Gasteiger partial charge in [0.05, 0.1) is 5.92 Å². The Morgan fingerprint density at radius 2 is 2.00 bits per heavy atom. The summed E-state index contributed by atoms with van der Waals surface area (Å²) in [7, 11) is 0. The maximum Gasteiger partial charge on any atom is 0.392 e. The fraction of sp³-hybridized carbons (Fsp3) is 0.700. The highest BCUT2D eigenvalue weighted by molar-refractivity contribution is 5.58. The van der Waals surface area contributed by atoms with Crippen LogP contribution in [-0.4, -0.2) is 12.5 Å². The van der Waals surface area contributed by atoms with E-state index in [1.165, 1.54) is 6.08 Å². The summed E-state index contributed by atoms with van der Waals surface area (Å²) in [6, 6.07) is 0. The molecule has 0 N–H and O–H groups in total. The maximum atomic E-state index is 12.5. The van der Waals surface area contributed by atoms with Crippen LogP contribution in [-0.2, 0) is 4.79 Å². The molecule has 0 bridgehead atoms. The zero-order valence-electron chi connectivity index (χ0n) is 8.14. The fourth-order valence-corrected chi connectivity index (χ4v) is 1.75. The molecule has 2 unspecified atom stereocenters. The van der Waals surface area contributed by atoms with Gasteiger partial charge in [-0.25, -0.2) is 0 Å². The zero-order chi connectivity index (χ0) is 11.0. The number of carbonyl (C=O) groups excluding carboxylic acids is 1. The highest BCUT2D eigenvalue weighted by Gasteiger charge is 2.47. The van der Waals surface area contributed by atoms with Crippen LogP contribution in [0.4, 0.5) is 13.2 Å². The lowest BCUT2D eigenvalue weighted by Crippen LogP contribution is -2.36. The van der Waals surface area contributed by atoms with Crippen LogP contribution in [0.5, 0.6) is 0 Å². The van der Waals surface area contributed by atoms with E-state index in [-0.39, 0.29) is 6.42 Å². The van der Waals surface area contributed by atoms with E-state index in [2.05, 4.69) is 0 Å². The molecule has 0 aromatic carbocycles. The van der Waals surface area contributed by atoms with Gasteiger partial charge in [0.15, 0.2) is 0 Å². The van der Waals surface area contributed by atoms with Crippen LogP contribution in [0, 0.1) is 17.3 Å². The first-order chi connectivity index (χ1) is 6.26. The van der Waals surface area contributed by atoms with Gasteiger partial charge in [-0.15, -0.1) is 0 Å². The number of halogens is 3. The van der Waals surface area contributed by atoms with Crippen molar-refractivity contribution in [2.24, 2.45) is 17.3 Å². The van der Waals surface area contributed by atoms with E-state index >= 15 is 0 Å². The van der Waals surface area contributed by atoms with Gasteiger partial charge in [-0.05, 0) is 11.8 Å². The summed E-state index contributed by atoms with van der Waals surface area (Å²) >= 11 is 0. The van der Waals surface area contributed by atoms with Crippen molar-refractivity contribution in [3.63, 3.8) is 0 Å². The second-order valence-electron chi connectivity index (χ2n) is 4.41. The lowest BCUT2D eigenvalue weighted by Gasteiger charge is -2.34. The third kappa shape index (κ3) is 2.36. The molecule has 0 saturated heterocycles. The van der Waals surface area contributed by atoms with E-state index < -0.39 is 23.4 Å². The molecule has 1 rings (SSSR count). The van der Waals surface area contributed by atoms with Gasteiger partial charge in [0.2, 0.25) is 0 Å². The minimum atomic E-state index is -4.28. The molecule has 0 fully saturated rings. The van der Waals surface area contributed by atoms with Gasteiger partial charge in [-0.3, -0.25) is 0 Å². The number of alkyl halides is 3. The number of aldehydes is 1. The monoisotopic (exact) mass is 206 g/mol. The van der Waals surface area contributed by atoms with Gasteiger partial charge < -0.3 is 4.79 Å². The molecule has 0 radical (unpaired) electrons. The molecule has 0 saturated carbocycles. The molecule has 80 valence electrons. The van der Waals surface area contributed by atoms with Crippen molar-refractivity contribution in [3.05, 3.63) is 12.2 Å². The molecule has 0 heterocycles. The number of hydrogen-bond donors (Lipinski definition) is 0. The van der Waals surface area contributed by atoms with Gasteiger partial charge in [0.1, 0.15) is 6.29 Å². The summed E-state index contributed by atoms with van der Waals surface area (Å²) in [5, 5.41) is 0. The molecule has 14 heavy (non-hydrogen) atoms. The first-order valence-electron chi connectivity index (χ1n) is 4.48. The van der Waals surface area contributed by atoms with Crippen LogP contribution in [0.1, 0.15) is 20.3 Å². The van der Waals surface area contributed by atoms with Crippen LogP contribution in [0.2, 0.25) is 0 Å². The van der Waals surface area contributed by atoms with Gasteiger partial charge >= 0.3 is 6.18 Å². The van der Waals surface area contributed by atoms with E-state index in [4.69, 9.17) is 0 Å². The SMILES string of the molecule is CC1(C)C=CC(C=O)C(C(F)(F)F)C1. The third-order valence-corrected chi connectivity index (χ3v) is 2.56. The van der Waals surface area contributed by atoms with Crippen molar-refractivity contribution in [3.8, 4) is 0 Å².